The molecule has 1 aliphatic carbocycles. The molecule has 2 aliphatic heterocycles. The van der Waals surface area contributed by atoms with Crippen LogP contribution in [0.15, 0.2) is 0 Å². The largest absolute Gasteiger partial charge is 0.341 e. The van der Waals surface area contributed by atoms with Crippen LogP contribution in [0.4, 0.5) is 0 Å². The minimum atomic E-state index is 0.218. The summed E-state index contributed by atoms with van der Waals surface area (Å²) in [5, 5.41) is 3.31. The van der Waals surface area contributed by atoms with Crippen LogP contribution in [0, 0.1) is 17.8 Å². The van der Waals surface area contributed by atoms with E-state index in [1.807, 2.05) is 4.90 Å². The number of nitrogens with two attached hydrogens (primary N) is 1. The second kappa shape index (κ2) is 2.94. The van der Waals surface area contributed by atoms with Crippen molar-refractivity contribution in [2.45, 2.75) is 12.5 Å². The Morgan fingerprint density at radius 2 is 2.07 bits per heavy atom. The molecule has 4 atom stereocenters. The van der Waals surface area contributed by atoms with Crippen molar-refractivity contribution in [3.63, 3.8) is 0 Å². The zero-order valence-electron chi connectivity index (χ0n) is 8.28. The van der Waals surface area contributed by atoms with E-state index in [-0.39, 0.29) is 6.04 Å². The molecule has 0 aromatic carbocycles. The van der Waals surface area contributed by atoms with Crippen molar-refractivity contribution in [3.05, 3.63) is 0 Å². The van der Waals surface area contributed by atoms with Gasteiger partial charge in [0.05, 0.1) is 0 Å². The molecular weight excluding hydrogens is 178 g/mol. The Labute approximate surface area is 83.8 Å². The predicted molar refractivity (Wildman–Crippen MR) is 52.5 cm³/mol. The van der Waals surface area contributed by atoms with Gasteiger partial charge in [-0.2, -0.15) is 0 Å². The number of nitrogens with one attached hydrogen (secondary N) is 1. The van der Waals surface area contributed by atoms with Crippen LogP contribution in [0.1, 0.15) is 6.42 Å². The molecule has 3 N–H and O–H groups in total. The van der Waals surface area contributed by atoms with Crippen LogP contribution in [-0.2, 0) is 4.79 Å². The summed E-state index contributed by atoms with van der Waals surface area (Å²) < 4.78 is 0. The number of nitrogens with zero attached hydrogens (tertiary/aromatic N) is 1. The minimum absolute atomic E-state index is 0.218. The van der Waals surface area contributed by atoms with Crippen LogP contribution in [0.5, 0.6) is 0 Å². The molecule has 3 fully saturated rings. The molecule has 4 nitrogen and oxygen atoms in total. The number of amides is 1. The second-order valence-electron chi connectivity index (χ2n) is 4.84. The Balaban J connectivity index is 1.61. The normalized spacial score (nSPS) is 45.4. The molecule has 3 rings (SSSR count). The maximum absolute atomic E-state index is 12.0. The lowest BCUT2D eigenvalue weighted by Gasteiger charge is -2.16. The highest BCUT2D eigenvalue weighted by Crippen LogP contribution is 2.49. The van der Waals surface area contributed by atoms with Crippen molar-refractivity contribution in [2.75, 3.05) is 26.2 Å². The van der Waals surface area contributed by atoms with E-state index in [0.717, 1.165) is 32.6 Å². The van der Waals surface area contributed by atoms with E-state index < -0.39 is 0 Å². The molecule has 0 bridgehead atoms. The lowest BCUT2D eigenvalue weighted by Crippen LogP contribution is -2.35. The predicted octanol–water partition coefficient (Wildman–Crippen LogP) is -0.989. The van der Waals surface area contributed by atoms with E-state index in [0.29, 0.717) is 23.7 Å². The third kappa shape index (κ3) is 1.17. The van der Waals surface area contributed by atoms with E-state index in [9.17, 15) is 4.79 Å². The first-order valence-corrected chi connectivity index (χ1v) is 5.52. The van der Waals surface area contributed by atoms with E-state index in [2.05, 4.69) is 5.32 Å². The third-order valence-electron chi connectivity index (χ3n) is 3.91. The Morgan fingerprint density at radius 3 is 2.64 bits per heavy atom. The van der Waals surface area contributed by atoms with Gasteiger partial charge in [-0.15, -0.1) is 0 Å². The van der Waals surface area contributed by atoms with E-state index >= 15 is 0 Å². The van der Waals surface area contributed by atoms with Crippen molar-refractivity contribution < 1.29 is 4.79 Å². The molecule has 1 unspecified atom stereocenters. The van der Waals surface area contributed by atoms with E-state index in [4.69, 9.17) is 5.73 Å². The molecule has 0 radical (unpaired) electrons. The highest BCUT2D eigenvalue weighted by Gasteiger charge is 2.58. The quantitative estimate of drug-likeness (QED) is 0.565. The van der Waals surface area contributed by atoms with Crippen LogP contribution in [0.2, 0.25) is 0 Å². The number of rotatable bonds is 1. The van der Waals surface area contributed by atoms with Crippen molar-refractivity contribution in [3.8, 4) is 0 Å². The summed E-state index contributed by atoms with van der Waals surface area (Å²) in [7, 11) is 0. The average molecular weight is 195 g/mol. The molecule has 2 saturated heterocycles. The van der Waals surface area contributed by atoms with Gasteiger partial charge in [0.1, 0.15) is 0 Å². The molecule has 0 spiro atoms. The summed E-state index contributed by atoms with van der Waals surface area (Å²) in [6.45, 7) is 3.74. The van der Waals surface area contributed by atoms with Gasteiger partial charge in [-0.05, 0) is 31.3 Å². The van der Waals surface area contributed by atoms with Gasteiger partial charge in [0.15, 0.2) is 0 Å². The molecule has 3 aliphatic rings. The van der Waals surface area contributed by atoms with Gasteiger partial charge in [0.2, 0.25) is 5.91 Å². The van der Waals surface area contributed by atoms with Crippen molar-refractivity contribution in [1.82, 2.24) is 10.2 Å². The fourth-order valence-corrected chi connectivity index (χ4v) is 2.98. The molecule has 2 heterocycles. The second-order valence-corrected chi connectivity index (χ2v) is 4.84. The van der Waals surface area contributed by atoms with E-state index in [1.165, 1.54) is 0 Å². The molecule has 4 heteroatoms. The van der Waals surface area contributed by atoms with Gasteiger partial charge >= 0.3 is 0 Å². The lowest BCUT2D eigenvalue weighted by atomic mass is 10.2. The minimum Gasteiger partial charge on any atom is -0.341 e. The summed E-state index contributed by atoms with van der Waals surface area (Å²) in [6, 6.07) is 0.218. The maximum atomic E-state index is 12.0. The van der Waals surface area contributed by atoms with Crippen molar-refractivity contribution in [1.29, 1.82) is 0 Å². The Hall–Kier alpha value is -0.610. The molecule has 0 aromatic heterocycles. The monoisotopic (exact) mass is 195 g/mol. The van der Waals surface area contributed by atoms with Crippen molar-refractivity contribution >= 4 is 5.91 Å². The number of carbonyl (C=O) groups is 1. The number of hydrogen-bond acceptors (Lipinski definition) is 3. The van der Waals surface area contributed by atoms with Gasteiger partial charge < -0.3 is 16.0 Å². The van der Waals surface area contributed by atoms with Gasteiger partial charge in [-0.1, -0.05) is 0 Å². The number of hydrogen-bond donors (Lipinski definition) is 2. The SMILES string of the molecule is N[C@H]1CCN(C(=O)C2[C@H]3CNC[C@@H]23)C1. The molecule has 0 aromatic rings. The molecule has 1 amide bonds. The van der Waals surface area contributed by atoms with Crippen LogP contribution in [0.25, 0.3) is 0 Å². The number of likely N-dealkylation sites (tertiary alicyclic amines) is 1. The zero-order valence-corrected chi connectivity index (χ0v) is 8.28. The molecule has 14 heavy (non-hydrogen) atoms. The highest BCUT2D eigenvalue weighted by molar-refractivity contribution is 5.83. The van der Waals surface area contributed by atoms with Crippen LogP contribution >= 0.6 is 0 Å². The number of carbonyl (C=O) groups excluding carboxylic acids is 1. The summed E-state index contributed by atoms with van der Waals surface area (Å²) in [5.41, 5.74) is 5.79. The van der Waals surface area contributed by atoms with Gasteiger partial charge in [0.25, 0.3) is 0 Å². The van der Waals surface area contributed by atoms with E-state index in [1.54, 1.807) is 0 Å². The third-order valence-corrected chi connectivity index (χ3v) is 3.91. The Morgan fingerprint density at radius 1 is 1.36 bits per heavy atom. The topological polar surface area (TPSA) is 58.4 Å². The van der Waals surface area contributed by atoms with Crippen LogP contribution in [0.3, 0.4) is 0 Å². The molecular formula is C10H17N3O. The maximum Gasteiger partial charge on any atom is 0.226 e. The first-order chi connectivity index (χ1) is 6.77. The van der Waals surface area contributed by atoms with Gasteiger partial charge in [-0.25, -0.2) is 0 Å². The summed E-state index contributed by atoms with van der Waals surface area (Å²) in [5.74, 6) is 1.98. The van der Waals surface area contributed by atoms with Crippen LogP contribution < -0.4 is 11.1 Å². The first kappa shape index (κ1) is 8.68. The average Bonchev–Trinajstić information content (AvgIpc) is 2.56. The summed E-state index contributed by atoms with van der Waals surface area (Å²) >= 11 is 0. The fraction of sp³-hybridized carbons (Fsp3) is 0.900. The Kier molecular flexibility index (Phi) is 1.82. The smallest absolute Gasteiger partial charge is 0.226 e. The molecule has 78 valence electrons. The van der Waals surface area contributed by atoms with Crippen molar-refractivity contribution in [2.24, 2.45) is 23.5 Å². The Bertz CT molecular complexity index is 254. The number of piperidine rings is 1. The van der Waals surface area contributed by atoms with Crippen LogP contribution in [-0.4, -0.2) is 43.0 Å². The first-order valence-electron chi connectivity index (χ1n) is 5.52. The number of fused-ring (bicyclic) bond motifs is 1. The highest BCUT2D eigenvalue weighted by atomic mass is 16.2. The standard InChI is InChI=1S/C10H17N3O/c11-6-1-2-13(5-6)10(14)9-7-3-12-4-8(7)9/h6-9,12H,1-5,11H2/t6-,7-,8+,9?/m0/s1. The summed E-state index contributed by atoms with van der Waals surface area (Å²) in [4.78, 5) is 14.0. The fourth-order valence-electron chi connectivity index (χ4n) is 2.98. The zero-order chi connectivity index (χ0) is 9.71. The lowest BCUT2D eigenvalue weighted by molar-refractivity contribution is -0.132. The van der Waals surface area contributed by atoms with Gasteiger partial charge in [0, 0.05) is 25.0 Å². The molecule has 1 saturated carbocycles. The van der Waals surface area contributed by atoms with Gasteiger partial charge in [-0.3, -0.25) is 4.79 Å². The summed E-state index contributed by atoms with van der Waals surface area (Å²) in [6.07, 6.45) is 0.978.